The molecule has 3 heterocycles. The molecule has 33 heavy (non-hydrogen) atoms. The fourth-order valence-electron chi connectivity index (χ4n) is 3.47. The molecule has 3 aromatic heterocycles. The number of methoxy groups -OCH3 is 1. The van der Waals surface area contributed by atoms with Crippen LogP contribution in [0.4, 0.5) is 5.69 Å². The Morgan fingerprint density at radius 3 is 2.67 bits per heavy atom. The molecular weight excluding hydrogens is 434 g/mol. The highest BCUT2D eigenvalue weighted by Gasteiger charge is 2.21. The molecule has 8 heteroatoms. The zero-order valence-corrected chi connectivity index (χ0v) is 19.3. The van der Waals surface area contributed by atoms with Gasteiger partial charge in [-0.15, -0.1) is 11.3 Å². The minimum Gasteiger partial charge on any atom is -0.480 e. The predicted molar refractivity (Wildman–Crippen MR) is 130 cm³/mol. The largest absolute Gasteiger partial charge is 0.480 e. The summed E-state index contributed by atoms with van der Waals surface area (Å²) in [7, 11) is 1.54. The highest BCUT2D eigenvalue weighted by molar-refractivity contribution is 7.07. The monoisotopic (exact) mass is 459 g/mol. The summed E-state index contributed by atoms with van der Waals surface area (Å²) in [6.07, 6.45) is 4.02. The Kier molecular flexibility index (Phi) is 7.39. The maximum Gasteiger partial charge on any atom is 0.242 e. The van der Waals surface area contributed by atoms with Gasteiger partial charge in [0.05, 0.1) is 24.4 Å². The molecule has 0 aliphatic heterocycles. The van der Waals surface area contributed by atoms with E-state index in [1.165, 1.54) is 18.4 Å². The SMILES string of the molecule is COc1ncc(-c2ccnc(C)c2)cc1NC(=O)[C@H](Cc1ccccc1)NCc1cscn1. The minimum atomic E-state index is -0.467. The van der Waals surface area contributed by atoms with Crippen LogP contribution in [0.15, 0.2) is 71.8 Å². The lowest BCUT2D eigenvalue weighted by atomic mass is 10.0. The number of hydrogen-bond donors (Lipinski definition) is 2. The number of anilines is 1. The molecule has 1 aromatic carbocycles. The zero-order valence-electron chi connectivity index (χ0n) is 18.5. The molecule has 2 N–H and O–H groups in total. The normalized spacial score (nSPS) is 11.7. The van der Waals surface area contributed by atoms with E-state index in [-0.39, 0.29) is 5.91 Å². The summed E-state index contributed by atoms with van der Waals surface area (Å²) >= 11 is 1.53. The number of pyridine rings is 2. The molecule has 0 unspecified atom stereocenters. The summed E-state index contributed by atoms with van der Waals surface area (Å²) in [5, 5.41) is 8.33. The van der Waals surface area contributed by atoms with Gasteiger partial charge < -0.3 is 10.1 Å². The van der Waals surface area contributed by atoms with Crippen molar-refractivity contribution in [2.75, 3.05) is 12.4 Å². The molecule has 1 atom stereocenters. The van der Waals surface area contributed by atoms with Gasteiger partial charge in [0.2, 0.25) is 11.8 Å². The first kappa shape index (κ1) is 22.6. The third kappa shape index (κ3) is 6.00. The van der Waals surface area contributed by atoms with Crippen LogP contribution in [-0.2, 0) is 17.8 Å². The number of carbonyl (C=O) groups is 1. The second-order valence-electron chi connectivity index (χ2n) is 7.56. The molecule has 168 valence electrons. The third-order valence-electron chi connectivity index (χ3n) is 5.14. The Morgan fingerprint density at radius 1 is 1.09 bits per heavy atom. The first-order valence-corrected chi connectivity index (χ1v) is 11.5. The first-order chi connectivity index (χ1) is 16.1. The van der Waals surface area contributed by atoms with Crippen molar-refractivity contribution in [1.29, 1.82) is 0 Å². The molecule has 0 bridgehead atoms. The summed E-state index contributed by atoms with van der Waals surface area (Å²) in [5.74, 6) is 0.188. The smallest absolute Gasteiger partial charge is 0.242 e. The second-order valence-corrected chi connectivity index (χ2v) is 8.28. The van der Waals surface area contributed by atoms with Gasteiger partial charge in [0.15, 0.2) is 0 Å². The van der Waals surface area contributed by atoms with Crippen molar-refractivity contribution < 1.29 is 9.53 Å². The number of rotatable bonds is 9. The number of nitrogens with one attached hydrogen (secondary N) is 2. The topological polar surface area (TPSA) is 89.0 Å². The van der Waals surface area contributed by atoms with Gasteiger partial charge in [-0.3, -0.25) is 15.1 Å². The van der Waals surface area contributed by atoms with Crippen molar-refractivity contribution in [3.05, 3.63) is 88.8 Å². The number of aromatic nitrogens is 3. The Morgan fingerprint density at radius 2 is 1.94 bits per heavy atom. The van der Waals surface area contributed by atoms with Crippen molar-refractivity contribution in [3.63, 3.8) is 0 Å². The van der Waals surface area contributed by atoms with E-state index in [9.17, 15) is 4.79 Å². The molecule has 0 fully saturated rings. The molecule has 7 nitrogen and oxygen atoms in total. The van der Waals surface area contributed by atoms with E-state index >= 15 is 0 Å². The average Bonchev–Trinajstić information content (AvgIpc) is 3.36. The number of hydrogen-bond acceptors (Lipinski definition) is 7. The number of ether oxygens (including phenoxy) is 1. The van der Waals surface area contributed by atoms with Gasteiger partial charge in [0.25, 0.3) is 0 Å². The number of thiazole rings is 1. The number of nitrogens with zero attached hydrogens (tertiary/aromatic N) is 3. The van der Waals surface area contributed by atoms with Gasteiger partial charge in [-0.2, -0.15) is 0 Å². The molecule has 0 spiro atoms. The van der Waals surface area contributed by atoms with Crippen LogP contribution in [0, 0.1) is 6.92 Å². The van der Waals surface area contributed by atoms with E-state index in [1.807, 2.05) is 60.8 Å². The third-order valence-corrected chi connectivity index (χ3v) is 5.78. The van der Waals surface area contributed by atoms with Crippen LogP contribution >= 0.6 is 11.3 Å². The molecule has 4 rings (SSSR count). The fourth-order valence-corrected chi connectivity index (χ4v) is 4.03. The minimum absolute atomic E-state index is 0.169. The van der Waals surface area contributed by atoms with E-state index in [0.717, 1.165) is 28.1 Å². The van der Waals surface area contributed by atoms with Gasteiger partial charge in [-0.1, -0.05) is 30.3 Å². The quantitative estimate of drug-likeness (QED) is 0.389. The lowest BCUT2D eigenvalue weighted by Crippen LogP contribution is -2.42. The average molecular weight is 460 g/mol. The maximum absolute atomic E-state index is 13.4. The molecule has 0 aliphatic carbocycles. The van der Waals surface area contributed by atoms with Crippen molar-refractivity contribution in [2.24, 2.45) is 0 Å². The van der Waals surface area contributed by atoms with E-state index in [1.54, 1.807) is 17.9 Å². The maximum atomic E-state index is 13.4. The Bertz CT molecular complexity index is 1200. The lowest BCUT2D eigenvalue weighted by molar-refractivity contribution is -0.118. The molecule has 0 saturated carbocycles. The van der Waals surface area contributed by atoms with Crippen LogP contribution in [0.1, 0.15) is 17.0 Å². The summed E-state index contributed by atoms with van der Waals surface area (Å²) in [4.78, 5) is 26.3. The van der Waals surface area contributed by atoms with Gasteiger partial charge in [-0.05, 0) is 42.7 Å². The van der Waals surface area contributed by atoms with Crippen LogP contribution in [0.3, 0.4) is 0 Å². The van der Waals surface area contributed by atoms with E-state index in [0.29, 0.717) is 24.5 Å². The summed E-state index contributed by atoms with van der Waals surface area (Å²) in [6, 6.07) is 15.2. The molecule has 0 radical (unpaired) electrons. The highest BCUT2D eigenvalue weighted by atomic mass is 32.1. The fraction of sp³-hybridized carbons (Fsp3) is 0.200. The van der Waals surface area contributed by atoms with Gasteiger partial charge >= 0.3 is 0 Å². The van der Waals surface area contributed by atoms with Gasteiger partial charge in [-0.25, -0.2) is 9.97 Å². The predicted octanol–water partition coefficient (Wildman–Crippen LogP) is 4.26. The van der Waals surface area contributed by atoms with Crippen molar-refractivity contribution in [2.45, 2.75) is 25.9 Å². The van der Waals surface area contributed by atoms with Crippen molar-refractivity contribution >= 4 is 22.9 Å². The van der Waals surface area contributed by atoms with Crippen molar-refractivity contribution in [3.8, 4) is 17.0 Å². The van der Waals surface area contributed by atoms with E-state index < -0.39 is 6.04 Å². The van der Waals surface area contributed by atoms with Crippen LogP contribution in [0.25, 0.3) is 11.1 Å². The number of carbonyl (C=O) groups excluding carboxylic acids is 1. The molecular formula is C25H25N5O2S. The van der Waals surface area contributed by atoms with Crippen molar-refractivity contribution in [1.82, 2.24) is 20.3 Å². The summed E-state index contributed by atoms with van der Waals surface area (Å²) < 4.78 is 5.41. The lowest BCUT2D eigenvalue weighted by Gasteiger charge is -2.19. The van der Waals surface area contributed by atoms with Crippen LogP contribution in [0.5, 0.6) is 5.88 Å². The molecule has 0 saturated heterocycles. The first-order valence-electron chi connectivity index (χ1n) is 10.5. The van der Waals surface area contributed by atoms with Crippen LogP contribution < -0.4 is 15.4 Å². The Hall–Kier alpha value is -3.62. The number of amides is 1. The molecule has 0 aliphatic rings. The number of benzene rings is 1. The second kappa shape index (κ2) is 10.8. The highest BCUT2D eigenvalue weighted by Crippen LogP contribution is 2.28. The molecule has 4 aromatic rings. The van der Waals surface area contributed by atoms with E-state index in [4.69, 9.17) is 4.74 Å². The Balaban J connectivity index is 1.57. The van der Waals surface area contributed by atoms with Crippen LogP contribution in [-0.4, -0.2) is 34.0 Å². The summed E-state index contributed by atoms with van der Waals surface area (Å²) in [6.45, 7) is 2.44. The Labute approximate surface area is 196 Å². The van der Waals surface area contributed by atoms with E-state index in [2.05, 4.69) is 25.6 Å². The number of aryl methyl sites for hydroxylation is 1. The zero-order chi connectivity index (χ0) is 23.0. The van der Waals surface area contributed by atoms with Crippen LogP contribution in [0.2, 0.25) is 0 Å². The summed E-state index contributed by atoms with van der Waals surface area (Å²) in [5.41, 5.74) is 7.01. The standard InChI is InChI=1S/C25H25N5O2S/c1-17-10-19(8-9-26-17)20-12-23(25(32-2)28-13-20)30-24(31)22(11-18-6-4-3-5-7-18)27-14-21-15-33-16-29-21/h3-10,12-13,15-16,22,27H,11,14H2,1-2H3,(H,30,31)/t22-/m0/s1. The van der Waals surface area contributed by atoms with Gasteiger partial charge in [0, 0.05) is 35.6 Å². The van der Waals surface area contributed by atoms with Gasteiger partial charge in [0.1, 0.15) is 5.69 Å². The molecule has 1 amide bonds.